The zero-order valence-electron chi connectivity index (χ0n) is 43.2. The minimum atomic E-state index is -3.65. The van der Waals surface area contributed by atoms with Crippen molar-refractivity contribution < 1.29 is 50.8 Å². The summed E-state index contributed by atoms with van der Waals surface area (Å²) in [7, 11) is -3.65. The minimum absolute atomic E-state index is 0.0171. The Kier molecular flexibility index (Phi) is 18.6. The number of amidine groups is 2. The summed E-state index contributed by atoms with van der Waals surface area (Å²) >= 11 is 0. The normalized spacial score (nSPS) is 16.7. The SMILES string of the molecule is CCOC(=O)C1CCN(CC2CN(c3ccc(C(=N)NC(=O)C(c4ccccc4)c4ccccc4)cc3)C(=O)O2)CC1.CS(=O)(=O)OCC1CN(c2ccc(C(=N)NC(=O)C(c3ccccc3)c3ccccc3)cc2)C(=O)O1. The molecule has 404 valence electrons. The fraction of sp³-hybridized carbons (Fsp3) is 0.271. The Balaban J connectivity index is 0.000000208. The van der Waals surface area contributed by atoms with Crippen molar-refractivity contribution in [3.05, 3.63) is 203 Å². The number of nitrogens with one attached hydrogen (secondary N) is 4. The fourth-order valence-corrected chi connectivity index (χ4v) is 9.87. The van der Waals surface area contributed by atoms with Gasteiger partial charge in [-0.2, -0.15) is 8.42 Å². The van der Waals surface area contributed by atoms with E-state index in [9.17, 15) is 32.4 Å². The van der Waals surface area contributed by atoms with Crippen LogP contribution in [0.5, 0.6) is 0 Å². The molecule has 19 heteroatoms. The van der Waals surface area contributed by atoms with Crippen molar-refractivity contribution in [2.24, 2.45) is 5.92 Å². The number of nitrogens with zero attached hydrogens (tertiary/aromatic N) is 3. The maximum absolute atomic E-state index is 13.4. The second-order valence-electron chi connectivity index (χ2n) is 18.9. The lowest BCUT2D eigenvalue weighted by Gasteiger charge is -2.31. The van der Waals surface area contributed by atoms with E-state index >= 15 is 0 Å². The van der Waals surface area contributed by atoms with E-state index < -0.39 is 40.2 Å². The minimum Gasteiger partial charge on any atom is -0.466 e. The van der Waals surface area contributed by atoms with Gasteiger partial charge in [0.15, 0.2) is 0 Å². The summed E-state index contributed by atoms with van der Waals surface area (Å²) in [4.78, 5) is 68.7. The van der Waals surface area contributed by atoms with Gasteiger partial charge in [0.1, 0.15) is 30.5 Å². The molecule has 0 spiro atoms. The van der Waals surface area contributed by atoms with Crippen LogP contribution in [-0.2, 0) is 42.9 Å². The van der Waals surface area contributed by atoms with Crippen molar-refractivity contribution in [2.45, 2.75) is 43.8 Å². The number of anilines is 2. The van der Waals surface area contributed by atoms with Crippen LogP contribution < -0.4 is 20.4 Å². The number of cyclic esters (lactones) is 2. The van der Waals surface area contributed by atoms with Crippen molar-refractivity contribution in [2.75, 3.05) is 62.0 Å². The Bertz CT molecular complexity index is 3090. The van der Waals surface area contributed by atoms with Crippen LogP contribution in [0.2, 0.25) is 0 Å². The van der Waals surface area contributed by atoms with Gasteiger partial charge in [-0.05, 0) is 104 Å². The molecule has 0 aliphatic carbocycles. The number of esters is 1. The number of rotatable bonds is 17. The summed E-state index contributed by atoms with van der Waals surface area (Å²) in [5, 5.41) is 22.5. The van der Waals surface area contributed by atoms with Crippen molar-refractivity contribution in [1.82, 2.24) is 15.5 Å². The molecule has 0 bridgehead atoms. The van der Waals surface area contributed by atoms with Gasteiger partial charge in [0.2, 0.25) is 11.8 Å². The van der Waals surface area contributed by atoms with Crippen LogP contribution in [0.1, 0.15) is 65.0 Å². The molecular formula is C59H61N7O11S. The lowest BCUT2D eigenvalue weighted by molar-refractivity contribution is -0.149. The Morgan fingerprint density at radius 3 is 1.33 bits per heavy atom. The number of piperidine rings is 1. The van der Waals surface area contributed by atoms with Gasteiger partial charge < -0.3 is 24.8 Å². The van der Waals surface area contributed by atoms with Gasteiger partial charge in [-0.15, -0.1) is 0 Å². The van der Waals surface area contributed by atoms with E-state index in [-0.39, 0.29) is 54.6 Å². The molecule has 0 saturated carbocycles. The zero-order chi connectivity index (χ0) is 55.2. The van der Waals surface area contributed by atoms with Crippen molar-refractivity contribution in [1.29, 1.82) is 10.8 Å². The van der Waals surface area contributed by atoms with Crippen LogP contribution in [0.25, 0.3) is 0 Å². The molecular weight excluding hydrogens is 1010 g/mol. The molecule has 4 amide bonds. The summed E-state index contributed by atoms with van der Waals surface area (Å²) in [6, 6.07) is 51.2. The maximum Gasteiger partial charge on any atom is 0.414 e. The van der Waals surface area contributed by atoms with Crippen LogP contribution in [0.15, 0.2) is 170 Å². The second kappa shape index (κ2) is 26.0. The molecule has 0 radical (unpaired) electrons. The van der Waals surface area contributed by atoms with Gasteiger partial charge in [-0.3, -0.25) is 44.1 Å². The topological polar surface area (TPSA) is 238 Å². The summed E-state index contributed by atoms with van der Waals surface area (Å²) in [5.41, 5.74) is 5.47. The predicted octanol–water partition coefficient (Wildman–Crippen LogP) is 7.82. The molecule has 3 saturated heterocycles. The number of likely N-dealkylation sites (tertiary alicyclic amines) is 1. The molecule has 0 aromatic heterocycles. The van der Waals surface area contributed by atoms with E-state index in [1.165, 1.54) is 4.90 Å². The maximum atomic E-state index is 13.4. The first-order chi connectivity index (χ1) is 37.6. The highest BCUT2D eigenvalue weighted by Gasteiger charge is 2.36. The molecule has 2 unspecified atom stereocenters. The largest absolute Gasteiger partial charge is 0.466 e. The second-order valence-corrected chi connectivity index (χ2v) is 20.5. The van der Waals surface area contributed by atoms with Gasteiger partial charge in [-0.1, -0.05) is 121 Å². The average Bonchev–Trinajstić information content (AvgIpc) is 4.02. The molecule has 3 heterocycles. The molecule has 9 rings (SSSR count). The molecule has 6 aromatic carbocycles. The molecule has 6 aromatic rings. The Morgan fingerprint density at radius 1 is 0.590 bits per heavy atom. The summed E-state index contributed by atoms with van der Waals surface area (Å²) < 4.78 is 43.0. The number of carbonyl (C=O) groups is 5. The van der Waals surface area contributed by atoms with E-state index in [0.29, 0.717) is 42.2 Å². The van der Waals surface area contributed by atoms with E-state index in [1.54, 1.807) is 53.4 Å². The number of hydrogen-bond acceptors (Lipinski definition) is 14. The van der Waals surface area contributed by atoms with E-state index in [0.717, 1.165) is 54.4 Å². The highest BCUT2D eigenvalue weighted by molar-refractivity contribution is 7.86. The molecule has 18 nitrogen and oxygen atoms in total. The van der Waals surface area contributed by atoms with Crippen LogP contribution >= 0.6 is 0 Å². The Labute approximate surface area is 453 Å². The first kappa shape index (κ1) is 55.7. The van der Waals surface area contributed by atoms with Crippen LogP contribution in [0, 0.1) is 16.7 Å². The van der Waals surface area contributed by atoms with Gasteiger partial charge in [0, 0.05) is 29.0 Å². The summed E-state index contributed by atoms with van der Waals surface area (Å²) in [5.74, 6) is -2.05. The molecule has 2 atom stereocenters. The van der Waals surface area contributed by atoms with Gasteiger partial charge in [0.05, 0.1) is 43.7 Å². The molecule has 3 fully saturated rings. The third-order valence-electron chi connectivity index (χ3n) is 13.4. The quantitative estimate of drug-likeness (QED) is 0.0225. The molecule has 78 heavy (non-hydrogen) atoms. The highest BCUT2D eigenvalue weighted by Crippen LogP contribution is 2.29. The van der Waals surface area contributed by atoms with Crippen molar-refractivity contribution in [3.8, 4) is 0 Å². The Hall–Kier alpha value is -8.52. The standard InChI is InChI=1S/C33H36N4O5.C26H25N3O6S/c1-2-41-32(39)26-17-19-36(20-18-26)21-28-22-37(33(40)42-28)27-15-13-25(14-16-27)30(34)35-31(38)29(23-9-5-3-6-10-23)24-11-7-4-8-12-24;1-36(32,33)34-17-22-16-29(26(31)35-22)21-14-12-20(13-15-21)24(27)28-25(30)23(18-8-4-2-5-9-18)19-10-6-3-7-11-19/h3-16,26,28-29H,2,17-22H2,1H3,(H2,34,35,38);2-15,22-23H,16-17H2,1H3,(H2,27,28,30). The first-order valence-electron chi connectivity index (χ1n) is 25.5. The molecule has 4 N–H and O–H groups in total. The highest BCUT2D eigenvalue weighted by atomic mass is 32.2. The van der Waals surface area contributed by atoms with Gasteiger partial charge >= 0.3 is 18.2 Å². The van der Waals surface area contributed by atoms with Gasteiger partial charge in [0.25, 0.3) is 10.1 Å². The first-order valence-corrected chi connectivity index (χ1v) is 27.3. The van der Waals surface area contributed by atoms with Crippen molar-refractivity contribution >= 4 is 63.1 Å². The monoisotopic (exact) mass is 1080 g/mol. The number of ether oxygens (including phenoxy) is 3. The Morgan fingerprint density at radius 2 is 0.962 bits per heavy atom. The van der Waals surface area contributed by atoms with Crippen molar-refractivity contribution in [3.63, 3.8) is 0 Å². The van der Waals surface area contributed by atoms with Gasteiger partial charge in [-0.25, -0.2) is 9.59 Å². The number of hydrogen-bond donors (Lipinski definition) is 4. The number of carbonyl (C=O) groups excluding carboxylic acids is 5. The lowest BCUT2D eigenvalue weighted by Crippen LogP contribution is -2.41. The molecule has 3 aliphatic heterocycles. The average molecular weight is 1080 g/mol. The summed E-state index contributed by atoms with van der Waals surface area (Å²) in [6.45, 7) is 4.61. The zero-order valence-corrected chi connectivity index (χ0v) is 44.0. The fourth-order valence-electron chi connectivity index (χ4n) is 9.47. The molecule has 3 aliphatic rings. The van der Waals surface area contributed by atoms with Crippen LogP contribution in [-0.4, -0.2) is 119 Å². The van der Waals surface area contributed by atoms with Crippen LogP contribution in [0.3, 0.4) is 0 Å². The lowest BCUT2D eigenvalue weighted by atomic mass is 9.90. The van der Waals surface area contributed by atoms with E-state index in [4.69, 9.17) is 29.2 Å². The number of benzene rings is 6. The predicted molar refractivity (Wildman–Crippen MR) is 294 cm³/mol. The number of amides is 4. The van der Waals surface area contributed by atoms with E-state index in [2.05, 4.69) is 15.5 Å². The van der Waals surface area contributed by atoms with E-state index in [1.807, 2.05) is 128 Å². The smallest absolute Gasteiger partial charge is 0.414 e. The third-order valence-corrected chi connectivity index (χ3v) is 13.9. The third kappa shape index (κ3) is 14.7. The summed E-state index contributed by atoms with van der Waals surface area (Å²) in [6.07, 6.45) is 0.373. The van der Waals surface area contributed by atoms with Crippen LogP contribution in [0.4, 0.5) is 21.0 Å².